The van der Waals surface area contributed by atoms with Gasteiger partial charge in [0.1, 0.15) is 24.0 Å². The van der Waals surface area contributed by atoms with Crippen molar-refractivity contribution in [1.82, 2.24) is 5.32 Å². The molecule has 3 nitrogen and oxygen atoms in total. The predicted octanol–water partition coefficient (Wildman–Crippen LogP) is 3.14. The van der Waals surface area contributed by atoms with E-state index >= 15 is 0 Å². The average molecular weight is 284 g/mol. The molecule has 0 fully saturated rings. The van der Waals surface area contributed by atoms with Gasteiger partial charge in [-0.25, -0.2) is 4.39 Å². The first kappa shape index (κ1) is 13.6. The molecular formula is C17H17FN2O. The molecule has 1 aliphatic rings. The summed E-state index contributed by atoms with van der Waals surface area (Å²) in [6.45, 7) is 1.94. The summed E-state index contributed by atoms with van der Waals surface area (Å²) in [6, 6.07) is 14.7. The van der Waals surface area contributed by atoms with E-state index in [-0.39, 0.29) is 5.82 Å². The van der Waals surface area contributed by atoms with E-state index in [2.05, 4.69) is 10.3 Å². The van der Waals surface area contributed by atoms with E-state index in [0.29, 0.717) is 23.8 Å². The number of halogens is 1. The van der Waals surface area contributed by atoms with E-state index in [1.807, 2.05) is 30.3 Å². The molecular weight excluding hydrogens is 267 g/mol. The molecule has 21 heavy (non-hydrogen) atoms. The third-order valence-electron chi connectivity index (χ3n) is 3.35. The van der Waals surface area contributed by atoms with Crippen LogP contribution in [-0.2, 0) is 6.61 Å². The third kappa shape index (κ3) is 3.21. The Labute approximate surface area is 123 Å². The lowest BCUT2D eigenvalue weighted by Gasteiger charge is -2.18. The van der Waals surface area contributed by atoms with Crippen LogP contribution in [0.1, 0.15) is 17.5 Å². The summed E-state index contributed by atoms with van der Waals surface area (Å²) in [4.78, 5) is 4.36. The monoisotopic (exact) mass is 284 g/mol. The van der Waals surface area contributed by atoms with Crippen molar-refractivity contribution in [3.63, 3.8) is 0 Å². The molecule has 4 heteroatoms. The van der Waals surface area contributed by atoms with Crippen LogP contribution in [0.25, 0.3) is 0 Å². The van der Waals surface area contributed by atoms with Gasteiger partial charge in [0.2, 0.25) is 0 Å². The molecule has 108 valence electrons. The number of aliphatic imine (C=N–C) groups is 1. The Kier molecular flexibility index (Phi) is 4.15. The number of hydrogen-bond donors (Lipinski definition) is 1. The number of nitrogens with one attached hydrogen (secondary N) is 1. The summed E-state index contributed by atoms with van der Waals surface area (Å²) in [5, 5.41) is 3.14. The minimum Gasteiger partial charge on any atom is -0.488 e. The zero-order valence-electron chi connectivity index (χ0n) is 11.7. The molecule has 2 aromatic carbocycles. The van der Waals surface area contributed by atoms with Crippen LogP contribution in [0.4, 0.5) is 4.39 Å². The number of hydrogen-bond acceptors (Lipinski definition) is 3. The van der Waals surface area contributed by atoms with Gasteiger partial charge in [0, 0.05) is 13.1 Å². The Balaban J connectivity index is 1.85. The summed E-state index contributed by atoms with van der Waals surface area (Å²) in [7, 11) is 0. The van der Waals surface area contributed by atoms with E-state index in [0.717, 1.165) is 25.1 Å². The van der Waals surface area contributed by atoms with E-state index in [1.54, 1.807) is 12.1 Å². The Hall–Kier alpha value is -2.36. The van der Waals surface area contributed by atoms with Gasteiger partial charge in [-0.1, -0.05) is 36.4 Å². The quantitative estimate of drug-likeness (QED) is 0.935. The second kappa shape index (κ2) is 6.39. The van der Waals surface area contributed by atoms with Crippen LogP contribution in [-0.4, -0.2) is 18.9 Å². The van der Waals surface area contributed by atoms with Crippen molar-refractivity contribution in [3.05, 3.63) is 65.5 Å². The molecule has 1 heterocycles. The highest BCUT2D eigenvalue weighted by atomic mass is 19.1. The van der Waals surface area contributed by atoms with E-state index in [1.165, 1.54) is 6.07 Å². The highest BCUT2D eigenvalue weighted by molar-refractivity contribution is 6.01. The molecule has 2 aromatic rings. The number of rotatable bonds is 4. The Bertz CT molecular complexity index is 640. The van der Waals surface area contributed by atoms with Gasteiger partial charge in [0.05, 0.1) is 5.56 Å². The molecule has 0 bridgehead atoms. The third-order valence-corrected chi connectivity index (χ3v) is 3.35. The summed E-state index contributed by atoms with van der Waals surface area (Å²) in [5.41, 5.74) is 1.47. The maximum atomic E-state index is 14.2. The molecule has 0 atom stereocenters. The minimum absolute atomic E-state index is 0.311. The zero-order valence-corrected chi connectivity index (χ0v) is 11.7. The highest BCUT2D eigenvalue weighted by Crippen LogP contribution is 2.23. The van der Waals surface area contributed by atoms with Crippen LogP contribution in [0.5, 0.6) is 5.75 Å². The van der Waals surface area contributed by atoms with Crippen LogP contribution < -0.4 is 10.1 Å². The minimum atomic E-state index is -0.311. The van der Waals surface area contributed by atoms with Gasteiger partial charge in [0.25, 0.3) is 0 Å². The maximum absolute atomic E-state index is 14.2. The van der Waals surface area contributed by atoms with Gasteiger partial charge in [0.15, 0.2) is 0 Å². The average Bonchev–Trinajstić information content (AvgIpc) is 2.55. The molecule has 0 saturated carbocycles. The first-order chi connectivity index (χ1) is 10.3. The number of amidine groups is 1. The lowest BCUT2D eigenvalue weighted by molar-refractivity contribution is 0.303. The topological polar surface area (TPSA) is 33.6 Å². The molecule has 0 aromatic heterocycles. The van der Waals surface area contributed by atoms with E-state index in [4.69, 9.17) is 4.74 Å². The van der Waals surface area contributed by atoms with Gasteiger partial charge in [-0.2, -0.15) is 0 Å². The highest BCUT2D eigenvalue weighted by Gasteiger charge is 2.17. The van der Waals surface area contributed by atoms with Crippen LogP contribution in [0, 0.1) is 5.82 Å². The smallest absolute Gasteiger partial charge is 0.137 e. The van der Waals surface area contributed by atoms with Crippen LogP contribution >= 0.6 is 0 Å². The Morgan fingerprint density at radius 2 is 1.95 bits per heavy atom. The molecule has 0 aliphatic carbocycles. The first-order valence-corrected chi connectivity index (χ1v) is 7.08. The molecule has 3 rings (SSSR count). The van der Waals surface area contributed by atoms with Gasteiger partial charge in [-0.15, -0.1) is 0 Å². The largest absolute Gasteiger partial charge is 0.488 e. The SMILES string of the molecule is Fc1cccc(OCc2ccccc2)c1C1=NCCCN1. The van der Waals surface area contributed by atoms with E-state index < -0.39 is 0 Å². The van der Waals surface area contributed by atoms with Gasteiger partial charge < -0.3 is 10.1 Å². The summed E-state index contributed by atoms with van der Waals surface area (Å²) in [5.74, 6) is 0.795. The Morgan fingerprint density at radius 1 is 1.10 bits per heavy atom. The normalized spacial score (nSPS) is 14.2. The van der Waals surface area contributed by atoms with Crippen molar-refractivity contribution in [1.29, 1.82) is 0 Å². The molecule has 0 spiro atoms. The molecule has 1 aliphatic heterocycles. The summed E-state index contributed by atoms with van der Waals surface area (Å²) < 4.78 is 20.0. The summed E-state index contributed by atoms with van der Waals surface area (Å²) >= 11 is 0. The predicted molar refractivity (Wildman–Crippen MR) is 81.2 cm³/mol. The molecule has 0 radical (unpaired) electrons. The van der Waals surface area contributed by atoms with Gasteiger partial charge in [-0.3, -0.25) is 4.99 Å². The van der Waals surface area contributed by atoms with Crippen molar-refractivity contribution in [2.24, 2.45) is 4.99 Å². The lowest BCUT2D eigenvalue weighted by Crippen LogP contribution is -2.31. The fraction of sp³-hybridized carbons (Fsp3) is 0.235. The fourth-order valence-corrected chi connectivity index (χ4v) is 2.29. The van der Waals surface area contributed by atoms with Crippen LogP contribution in [0.15, 0.2) is 53.5 Å². The lowest BCUT2D eigenvalue weighted by atomic mass is 10.1. The van der Waals surface area contributed by atoms with Crippen molar-refractivity contribution in [2.45, 2.75) is 13.0 Å². The van der Waals surface area contributed by atoms with Gasteiger partial charge >= 0.3 is 0 Å². The maximum Gasteiger partial charge on any atom is 0.137 e. The standard InChI is InChI=1S/C17H17FN2O/c18-14-8-4-9-15(16(14)17-19-10-5-11-20-17)21-12-13-6-2-1-3-7-13/h1-4,6-9H,5,10-12H2,(H,19,20). The number of benzene rings is 2. The van der Waals surface area contributed by atoms with Crippen LogP contribution in [0.3, 0.4) is 0 Å². The first-order valence-electron chi connectivity index (χ1n) is 7.08. The number of ether oxygens (including phenoxy) is 1. The van der Waals surface area contributed by atoms with Crippen molar-refractivity contribution >= 4 is 5.84 Å². The molecule has 0 amide bonds. The molecule has 0 saturated heterocycles. The fourth-order valence-electron chi connectivity index (χ4n) is 2.29. The van der Waals surface area contributed by atoms with Crippen molar-refractivity contribution in [3.8, 4) is 5.75 Å². The van der Waals surface area contributed by atoms with Crippen molar-refractivity contribution < 1.29 is 9.13 Å². The van der Waals surface area contributed by atoms with Crippen molar-refractivity contribution in [2.75, 3.05) is 13.1 Å². The zero-order chi connectivity index (χ0) is 14.5. The Morgan fingerprint density at radius 3 is 2.71 bits per heavy atom. The molecule has 1 N–H and O–H groups in total. The molecule has 0 unspecified atom stereocenters. The van der Waals surface area contributed by atoms with E-state index in [9.17, 15) is 4.39 Å². The number of nitrogens with zero attached hydrogens (tertiary/aromatic N) is 1. The second-order valence-electron chi connectivity index (χ2n) is 4.90. The van der Waals surface area contributed by atoms with Crippen LogP contribution in [0.2, 0.25) is 0 Å². The summed E-state index contributed by atoms with van der Waals surface area (Å²) in [6.07, 6.45) is 0.970. The second-order valence-corrected chi connectivity index (χ2v) is 4.90. The van der Waals surface area contributed by atoms with Gasteiger partial charge in [-0.05, 0) is 24.1 Å².